The third-order valence-electron chi connectivity index (χ3n) is 3.77. The van der Waals surface area contributed by atoms with Crippen molar-refractivity contribution in [1.29, 1.82) is 0 Å². The molecule has 0 aromatic heterocycles. The van der Waals surface area contributed by atoms with Crippen LogP contribution in [0, 0.1) is 23.7 Å². The van der Waals surface area contributed by atoms with Crippen LogP contribution in [0.25, 0.3) is 0 Å². The summed E-state index contributed by atoms with van der Waals surface area (Å²) in [5, 5.41) is 0. The second-order valence-electron chi connectivity index (χ2n) is 4.00. The van der Waals surface area contributed by atoms with Crippen molar-refractivity contribution >= 4 is 15.9 Å². The van der Waals surface area contributed by atoms with E-state index in [2.05, 4.69) is 15.9 Å². The van der Waals surface area contributed by atoms with E-state index in [1.54, 1.807) is 19.3 Å². The number of hydrogen-bond acceptors (Lipinski definition) is 0. The van der Waals surface area contributed by atoms with Gasteiger partial charge in [0.25, 0.3) is 0 Å². The van der Waals surface area contributed by atoms with Crippen LogP contribution in [0.5, 0.6) is 0 Å². The molecule has 3 rings (SSSR count). The van der Waals surface area contributed by atoms with Crippen LogP contribution in [0.4, 0.5) is 0 Å². The average molecular weight is 187 g/mol. The monoisotopic (exact) mass is 186 g/mol. The van der Waals surface area contributed by atoms with Crippen LogP contribution >= 0.6 is 15.9 Å². The van der Waals surface area contributed by atoms with Crippen molar-refractivity contribution in [1.82, 2.24) is 0 Å². The van der Waals surface area contributed by atoms with E-state index in [4.69, 9.17) is 0 Å². The Bertz CT molecular complexity index is 144. The molecule has 0 radical (unpaired) electrons. The zero-order chi connectivity index (χ0) is 6.01. The fourth-order valence-electron chi connectivity index (χ4n) is 3.30. The summed E-state index contributed by atoms with van der Waals surface area (Å²) < 4.78 is 0. The minimum atomic E-state index is 0.924. The van der Waals surface area contributed by atoms with E-state index in [1.807, 2.05) is 0 Å². The number of fused-ring (bicyclic) bond motifs is 1. The minimum absolute atomic E-state index is 0.924. The van der Waals surface area contributed by atoms with Gasteiger partial charge in [-0.15, -0.1) is 0 Å². The Kier molecular flexibility index (Phi) is 0.798. The molecule has 3 fully saturated rings. The maximum atomic E-state index is 3.80. The highest BCUT2D eigenvalue weighted by molar-refractivity contribution is 9.09. The first-order chi connectivity index (χ1) is 4.36. The topological polar surface area (TPSA) is 0 Å². The lowest BCUT2D eigenvalue weighted by atomic mass is 9.64. The molecule has 3 aliphatic carbocycles. The summed E-state index contributed by atoms with van der Waals surface area (Å²) in [6.45, 7) is 0. The third kappa shape index (κ3) is 0.439. The van der Waals surface area contributed by atoms with Crippen molar-refractivity contribution in [2.45, 2.75) is 24.1 Å². The van der Waals surface area contributed by atoms with Crippen molar-refractivity contribution in [2.24, 2.45) is 23.7 Å². The van der Waals surface area contributed by atoms with Gasteiger partial charge in [0.2, 0.25) is 0 Å². The summed E-state index contributed by atoms with van der Waals surface area (Å²) in [5.41, 5.74) is 0. The van der Waals surface area contributed by atoms with Crippen LogP contribution in [0.2, 0.25) is 0 Å². The maximum Gasteiger partial charge on any atom is 0.0205 e. The van der Waals surface area contributed by atoms with Crippen molar-refractivity contribution in [2.75, 3.05) is 0 Å². The number of rotatable bonds is 0. The van der Waals surface area contributed by atoms with Crippen molar-refractivity contribution < 1.29 is 0 Å². The van der Waals surface area contributed by atoms with E-state index in [0.29, 0.717) is 0 Å². The fraction of sp³-hybridized carbons (Fsp3) is 1.00. The number of alkyl halides is 1. The molecule has 0 aromatic rings. The van der Waals surface area contributed by atoms with Gasteiger partial charge in [-0.25, -0.2) is 0 Å². The molecule has 50 valence electrons. The zero-order valence-electron chi connectivity index (χ0n) is 5.39. The van der Waals surface area contributed by atoms with Gasteiger partial charge in [-0.1, -0.05) is 15.9 Å². The molecule has 3 saturated carbocycles. The summed E-state index contributed by atoms with van der Waals surface area (Å²) in [6.07, 6.45) is 4.67. The van der Waals surface area contributed by atoms with Gasteiger partial charge in [0.05, 0.1) is 0 Å². The molecule has 0 saturated heterocycles. The summed E-state index contributed by atoms with van der Waals surface area (Å²) in [5.74, 6) is 4.53. The molecule has 0 unspecified atom stereocenters. The predicted octanol–water partition coefficient (Wildman–Crippen LogP) is 2.43. The standard InChI is InChI=1S/C8H11Br/c9-8-5-1-4-2-7(8)6(4)3-5/h4-8H,1-3H2/t4-,5-,6-,7+,8+/m1/s1. The lowest BCUT2D eigenvalue weighted by Gasteiger charge is -2.44. The molecule has 0 aromatic carbocycles. The molecule has 0 aliphatic heterocycles. The third-order valence-corrected chi connectivity index (χ3v) is 5.20. The first-order valence-electron chi connectivity index (χ1n) is 4.00. The van der Waals surface area contributed by atoms with Crippen LogP contribution in [0.15, 0.2) is 0 Å². The van der Waals surface area contributed by atoms with Crippen molar-refractivity contribution in [3.8, 4) is 0 Å². The summed E-state index contributed by atoms with van der Waals surface area (Å²) in [6, 6.07) is 0. The second kappa shape index (κ2) is 1.39. The first-order valence-corrected chi connectivity index (χ1v) is 4.92. The highest BCUT2D eigenvalue weighted by Gasteiger charge is 2.58. The summed E-state index contributed by atoms with van der Waals surface area (Å²) in [4.78, 5) is 0.924. The Hall–Kier alpha value is 0.480. The largest absolute Gasteiger partial charge is 0.0885 e. The van der Waals surface area contributed by atoms with Crippen molar-refractivity contribution in [3.63, 3.8) is 0 Å². The van der Waals surface area contributed by atoms with Gasteiger partial charge in [-0.2, -0.15) is 0 Å². The molecule has 9 heavy (non-hydrogen) atoms. The highest BCUT2D eigenvalue weighted by atomic mass is 79.9. The summed E-state index contributed by atoms with van der Waals surface area (Å²) in [7, 11) is 0. The van der Waals surface area contributed by atoms with Crippen LogP contribution in [0.3, 0.4) is 0 Å². The van der Waals surface area contributed by atoms with Crippen LogP contribution in [-0.2, 0) is 0 Å². The average Bonchev–Trinajstić information content (AvgIpc) is 2.20. The second-order valence-corrected chi connectivity index (χ2v) is 5.06. The van der Waals surface area contributed by atoms with Crippen LogP contribution in [0.1, 0.15) is 19.3 Å². The molecule has 0 nitrogen and oxygen atoms in total. The fourth-order valence-corrected chi connectivity index (χ4v) is 4.34. The Morgan fingerprint density at radius 2 is 1.67 bits per heavy atom. The lowest BCUT2D eigenvalue weighted by Crippen LogP contribution is -2.39. The molecule has 2 bridgehead atoms. The number of halogens is 1. The van der Waals surface area contributed by atoms with E-state index < -0.39 is 0 Å². The summed E-state index contributed by atoms with van der Waals surface area (Å²) >= 11 is 3.80. The molecule has 0 heterocycles. The molecule has 5 atom stereocenters. The van der Waals surface area contributed by atoms with Crippen LogP contribution in [-0.4, -0.2) is 4.83 Å². The van der Waals surface area contributed by atoms with E-state index in [-0.39, 0.29) is 0 Å². The van der Waals surface area contributed by atoms with Gasteiger partial charge in [-0.05, 0) is 42.9 Å². The quantitative estimate of drug-likeness (QED) is 0.511. The minimum Gasteiger partial charge on any atom is -0.0885 e. The number of hydrogen-bond donors (Lipinski definition) is 0. The van der Waals surface area contributed by atoms with Gasteiger partial charge in [-0.3, -0.25) is 0 Å². The molecule has 0 spiro atoms. The Morgan fingerprint density at radius 1 is 0.889 bits per heavy atom. The molecule has 0 amide bonds. The molecular weight excluding hydrogens is 176 g/mol. The predicted molar refractivity (Wildman–Crippen MR) is 40.5 cm³/mol. The molecular formula is C8H11Br. The maximum absolute atomic E-state index is 3.80. The lowest BCUT2D eigenvalue weighted by molar-refractivity contribution is 0.0922. The molecule has 0 N–H and O–H groups in total. The van der Waals surface area contributed by atoms with Gasteiger partial charge < -0.3 is 0 Å². The van der Waals surface area contributed by atoms with Gasteiger partial charge in [0, 0.05) is 4.83 Å². The molecule has 1 heteroatoms. The van der Waals surface area contributed by atoms with E-state index in [9.17, 15) is 0 Å². The Balaban J connectivity index is 2.00. The van der Waals surface area contributed by atoms with Gasteiger partial charge in [0.1, 0.15) is 0 Å². The normalized spacial score (nSPS) is 68.3. The first kappa shape index (κ1) is 5.17. The smallest absolute Gasteiger partial charge is 0.0205 e. The SMILES string of the molecule is Br[C@H]1[C@@H]2C[C@@H]3C[C@H]1[C@@H]3C2. The van der Waals surface area contributed by atoms with Crippen LogP contribution < -0.4 is 0 Å². The zero-order valence-corrected chi connectivity index (χ0v) is 6.97. The van der Waals surface area contributed by atoms with Crippen molar-refractivity contribution in [3.05, 3.63) is 0 Å². The van der Waals surface area contributed by atoms with E-state index in [1.165, 1.54) is 11.8 Å². The van der Waals surface area contributed by atoms with E-state index >= 15 is 0 Å². The Morgan fingerprint density at radius 3 is 2.00 bits per heavy atom. The Labute approximate surface area is 64.1 Å². The van der Waals surface area contributed by atoms with Gasteiger partial charge in [0.15, 0.2) is 0 Å². The molecule has 3 aliphatic rings. The highest BCUT2D eigenvalue weighted by Crippen LogP contribution is 2.65. The van der Waals surface area contributed by atoms with Gasteiger partial charge >= 0.3 is 0 Å². The van der Waals surface area contributed by atoms with E-state index in [0.717, 1.165) is 16.7 Å².